The molecule has 0 atom stereocenters. The molecule has 0 spiro atoms. The van der Waals surface area contributed by atoms with Gasteiger partial charge >= 0.3 is 5.69 Å². The Bertz CT molecular complexity index is 1660. The number of fused-ring (bicyclic) bond motifs is 1. The summed E-state index contributed by atoms with van der Waals surface area (Å²) in [4.78, 5) is 29.9. The fraction of sp³-hybridized carbons (Fsp3) is 0.280. The molecule has 0 aliphatic carbocycles. The number of halogens is 1. The van der Waals surface area contributed by atoms with Crippen LogP contribution in [0.3, 0.4) is 0 Å². The molecule has 188 valence electrons. The predicted octanol–water partition coefficient (Wildman–Crippen LogP) is 1.88. The highest BCUT2D eigenvalue weighted by Gasteiger charge is 2.28. The van der Waals surface area contributed by atoms with E-state index in [-0.39, 0.29) is 10.7 Å². The fourth-order valence-corrected chi connectivity index (χ4v) is 5.98. The number of aromatic nitrogens is 3. The van der Waals surface area contributed by atoms with Crippen LogP contribution in [0.5, 0.6) is 0 Å². The van der Waals surface area contributed by atoms with E-state index in [0.29, 0.717) is 60.6 Å². The summed E-state index contributed by atoms with van der Waals surface area (Å²) in [6.45, 7) is 2.09. The number of aryl methyl sites for hydroxylation is 1. The smallest absolute Gasteiger partial charge is 0.331 e. The van der Waals surface area contributed by atoms with E-state index in [4.69, 9.17) is 0 Å². The first-order valence-electron chi connectivity index (χ1n) is 11.5. The third kappa shape index (κ3) is 4.19. The Balaban J connectivity index is 1.32. The second kappa shape index (κ2) is 9.16. The maximum atomic E-state index is 14.0. The highest BCUT2D eigenvalue weighted by atomic mass is 32.2. The van der Waals surface area contributed by atoms with Gasteiger partial charge in [0.25, 0.3) is 5.56 Å². The van der Waals surface area contributed by atoms with Crippen LogP contribution in [-0.4, -0.2) is 57.9 Å². The minimum Gasteiger partial charge on any atom is -0.349 e. The van der Waals surface area contributed by atoms with Gasteiger partial charge in [0.05, 0.1) is 10.4 Å². The van der Waals surface area contributed by atoms with Gasteiger partial charge in [-0.2, -0.15) is 4.31 Å². The van der Waals surface area contributed by atoms with Gasteiger partial charge in [-0.25, -0.2) is 17.6 Å². The molecule has 0 unspecified atom stereocenters. The zero-order valence-electron chi connectivity index (χ0n) is 19.9. The van der Waals surface area contributed by atoms with Gasteiger partial charge in [-0.3, -0.25) is 18.8 Å². The highest BCUT2D eigenvalue weighted by molar-refractivity contribution is 7.89. The molecular formula is C25H26FN5O4S. The van der Waals surface area contributed by atoms with Crippen LogP contribution in [0.4, 0.5) is 4.39 Å². The van der Waals surface area contributed by atoms with E-state index in [2.05, 4.69) is 4.98 Å². The maximum Gasteiger partial charge on any atom is 0.331 e. The molecule has 0 amide bonds. The molecule has 2 aromatic heterocycles. The minimum atomic E-state index is -3.69. The number of nitrogens with one attached hydrogen (secondary N) is 1. The standard InChI is InChI=1S/C25H26FN5O4S/c1-28-22-15-21(27-23(22)24(32)29(2)25(28)33)17-7-9-19(10-8-17)36(34,35)31-13-11-30(12-14-31)16-18-5-3-4-6-20(18)26/h3-10,15,27H,11-14,16H2,1-2H3. The van der Waals surface area contributed by atoms with Crippen LogP contribution in [-0.2, 0) is 30.7 Å². The Kier molecular flexibility index (Phi) is 6.15. The second-order valence-corrected chi connectivity index (χ2v) is 10.9. The molecule has 36 heavy (non-hydrogen) atoms. The van der Waals surface area contributed by atoms with Crippen molar-refractivity contribution in [2.45, 2.75) is 11.4 Å². The van der Waals surface area contributed by atoms with Crippen molar-refractivity contribution in [3.05, 3.63) is 86.8 Å². The first-order chi connectivity index (χ1) is 17.2. The Hall–Kier alpha value is -3.54. The lowest BCUT2D eigenvalue weighted by molar-refractivity contribution is 0.180. The topological polar surface area (TPSA) is 100 Å². The lowest BCUT2D eigenvalue weighted by atomic mass is 10.1. The van der Waals surface area contributed by atoms with Crippen molar-refractivity contribution in [2.24, 2.45) is 14.1 Å². The van der Waals surface area contributed by atoms with Gasteiger partial charge in [-0.15, -0.1) is 0 Å². The molecule has 1 N–H and O–H groups in total. The number of nitrogens with zero attached hydrogens (tertiary/aromatic N) is 4. The van der Waals surface area contributed by atoms with E-state index < -0.39 is 21.3 Å². The normalized spacial score (nSPS) is 15.5. The lowest BCUT2D eigenvalue weighted by Gasteiger charge is -2.34. The fourth-order valence-electron chi connectivity index (χ4n) is 4.56. The van der Waals surface area contributed by atoms with E-state index in [1.807, 2.05) is 4.90 Å². The number of sulfonamides is 1. The molecule has 1 fully saturated rings. The number of benzene rings is 2. The van der Waals surface area contributed by atoms with Crippen LogP contribution in [0.25, 0.3) is 22.3 Å². The van der Waals surface area contributed by atoms with Gasteiger partial charge in [-0.1, -0.05) is 30.3 Å². The summed E-state index contributed by atoms with van der Waals surface area (Å²) < 4.78 is 44.3. The summed E-state index contributed by atoms with van der Waals surface area (Å²) in [7, 11) is -0.680. The summed E-state index contributed by atoms with van der Waals surface area (Å²) in [5, 5.41) is 0. The van der Waals surface area contributed by atoms with Crippen LogP contribution in [0, 0.1) is 5.82 Å². The Morgan fingerprint density at radius 3 is 2.25 bits per heavy atom. The van der Waals surface area contributed by atoms with Crippen LogP contribution in [0.1, 0.15) is 5.56 Å². The van der Waals surface area contributed by atoms with Crippen molar-refractivity contribution in [1.29, 1.82) is 0 Å². The molecule has 3 heterocycles. The van der Waals surface area contributed by atoms with Crippen LogP contribution < -0.4 is 11.2 Å². The van der Waals surface area contributed by atoms with Crippen molar-refractivity contribution in [3.63, 3.8) is 0 Å². The Morgan fingerprint density at radius 1 is 0.917 bits per heavy atom. The van der Waals surface area contributed by atoms with Gasteiger partial charge in [0, 0.05) is 58.1 Å². The average Bonchev–Trinajstić information content (AvgIpc) is 3.34. The average molecular weight is 512 g/mol. The summed E-state index contributed by atoms with van der Waals surface area (Å²) in [6, 6.07) is 14.7. The molecule has 1 aliphatic heterocycles. The SMILES string of the molecule is Cn1c(=O)c2[nH]c(-c3ccc(S(=O)(=O)N4CCN(Cc5ccccc5F)CC4)cc3)cc2n(C)c1=O. The number of piperazine rings is 1. The van der Waals surface area contributed by atoms with Crippen molar-refractivity contribution >= 4 is 21.1 Å². The van der Waals surface area contributed by atoms with Crippen molar-refractivity contribution in [1.82, 2.24) is 23.3 Å². The van der Waals surface area contributed by atoms with Gasteiger partial charge in [0.2, 0.25) is 10.0 Å². The molecule has 0 radical (unpaired) electrons. The van der Waals surface area contributed by atoms with Crippen LogP contribution in [0.2, 0.25) is 0 Å². The summed E-state index contributed by atoms with van der Waals surface area (Å²) in [6.07, 6.45) is 0. The number of hydrogen-bond acceptors (Lipinski definition) is 5. The predicted molar refractivity (Wildman–Crippen MR) is 135 cm³/mol. The van der Waals surface area contributed by atoms with E-state index in [9.17, 15) is 22.4 Å². The molecule has 11 heteroatoms. The number of hydrogen-bond donors (Lipinski definition) is 1. The largest absolute Gasteiger partial charge is 0.349 e. The van der Waals surface area contributed by atoms with E-state index in [0.717, 1.165) is 4.57 Å². The monoisotopic (exact) mass is 511 g/mol. The molecule has 1 saturated heterocycles. The first kappa shape index (κ1) is 24.2. The van der Waals surface area contributed by atoms with E-state index >= 15 is 0 Å². The third-order valence-corrected chi connectivity index (χ3v) is 8.65. The molecule has 2 aromatic carbocycles. The van der Waals surface area contributed by atoms with Crippen LogP contribution >= 0.6 is 0 Å². The zero-order valence-corrected chi connectivity index (χ0v) is 20.8. The number of aromatic amines is 1. The summed E-state index contributed by atoms with van der Waals surface area (Å²) in [5.74, 6) is -0.259. The van der Waals surface area contributed by atoms with Crippen molar-refractivity contribution < 1.29 is 12.8 Å². The molecule has 0 saturated carbocycles. The molecule has 0 bridgehead atoms. The van der Waals surface area contributed by atoms with Gasteiger partial charge in [0.15, 0.2) is 0 Å². The summed E-state index contributed by atoms with van der Waals surface area (Å²) >= 11 is 0. The lowest BCUT2D eigenvalue weighted by Crippen LogP contribution is -2.48. The zero-order chi connectivity index (χ0) is 25.6. The minimum absolute atomic E-state index is 0.174. The van der Waals surface area contributed by atoms with E-state index in [1.54, 1.807) is 55.6 Å². The van der Waals surface area contributed by atoms with Crippen molar-refractivity contribution in [3.8, 4) is 11.3 Å². The highest BCUT2D eigenvalue weighted by Crippen LogP contribution is 2.25. The molecule has 9 nitrogen and oxygen atoms in total. The van der Waals surface area contributed by atoms with Crippen molar-refractivity contribution in [2.75, 3.05) is 26.2 Å². The quantitative estimate of drug-likeness (QED) is 0.441. The first-order valence-corrected chi connectivity index (χ1v) is 13.0. The number of H-pyrrole nitrogens is 1. The summed E-state index contributed by atoms with van der Waals surface area (Å²) in [5.41, 5.74) is 1.83. The maximum absolute atomic E-state index is 14.0. The molecular weight excluding hydrogens is 485 g/mol. The molecule has 5 rings (SSSR count). The second-order valence-electron chi connectivity index (χ2n) is 8.95. The number of rotatable bonds is 5. The van der Waals surface area contributed by atoms with E-state index in [1.165, 1.54) is 22.0 Å². The molecule has 1 aliphatic rings. The van der Waals surface area contributed by atoms with Gasteiger partial charge in [0.1, 0.15) is 11.3 Å². The van der Waals surface area contributed by atoms with Gasteiger partial charge < -0.3 is 4.98 Å². The third-order valence-electron chi connectivity index (χ3n) is 6.74. The van der Waals surface area contributed by atoms with Crippen LogP contribution in [0.15, 0.2) is 69.1 Å². The Morgan fingerprint density at radius 2 is 1.58 bits per heavy atom. The van der Waals surface area contributed by atoms with Gasteiger partial charge in [-0.05, 0) is 29.8 Å². The Labute approximate surface area is 207 Å². The molecule has 4 aromatic rings.